The summed E-state index contributed by atoms with van der Waals surface area (Å²) < 4.78 is 0. The monoisotopic (exact) mass is 289 g/mol. The van der Waals surface area contributed by atoms with Crippen molar-refractivity contribution in [2.75, 3.05) is 25.0 Å². The Hall–Kier alpha value is -1.39. The van der Waals surface area contributed by atoms with E-state index in [4.69, 9.17) is 5.73 Å². The van der Waals surface area contributed by atoms with Gasteiger partial charge in [-0.2, -0.15) is 0 Å². The highest BCUT2D eigenvalue weighted by atomic mass is 16.2. The molecule has 1 aliphatic heterocycles. The first-order valence-corrected chi connectivity index (χ1v) is 7.94. The Balaban J connectivity index is 2.12. The fourth-order valence-electron chi connectivity index (χ4n) is 2.99. The molecule has 4 heteroatoms. The van der Waals surface area contributed by atoms with Crippen LogP contribution in [0.2, 0.25) is 0 Å². The van der Waals surface area contributed by atoms with Gasteiger partial charge in [0, 0.05) is 18.8 Å². The number of benzene rings is 1. The third-order valence-corrected chi connectivity index (χ3v) is 3.95. The standard InChI is InChI=1S/C17H27N3O/c1-13(2)12-20(11-5-10-18)16-9-8-14-6-3-4-7-15(14)19-17(16)21/h3-4,6-7,13,16H,5,8-12,18H2,1-2H3,(H,19,21). The van der Waals surface area contributed by atoms with Crippen LogP contribution in [-0.2, 0) is 11.2 Å². The molecule has 21 heavy (non-hydrogen) atoms. The molecule has 1 aromatic rings. The van der Waals surface area contributed by atoms with Gasteiger partial charge in [0.25, 0.3) is 0 Å². The lowest BCUT2D eigenvalue weighted by molar-refractivity contribution is -0.121. The smallest absolute Gasteiger partial charge is 0.241 e. The summed E-state index contributed by atoms with van der Waals surface area (Å²) in [7, 11) is 0. The van der Waals surface area contributed by atoms with Crippen LogP contribution in [0.4, 0.5) is 5.69 Å². The number of amides is 1. The molecule has 0 spiro atoms. The second-order valence-electron chi connectivity index (χ2n) is 6.23. The van der Waals surface area contributed by atoms with Crippen molar-refractivity contribution in [2.45, 2.75) is 39.2 Å². The molecule has 0 saturated carbocycles. The van der Waals surface area contributed by atoms with Crippen LogP contribution in [-0.4, -0.2) is 36.5 Å². The van der Waals surface area contributed by atoms with Crippen LogP contribution < -0.4 is 11.1 Å². The summed E-state index contributed by atoms with van der Waals surface area (Å²) in [6, 6.07) is 8.05. The summed E-state index contributed by atoms with van der Waals surface area (Å²) in [4.78, 5) is 14.9. The number of nitrogens with two attached hydrogens (primary N) is 1. The fraction of sp³-hybridized carbons (Fsp3) is 0.588. The van der Waals surface area contributed by atoms with Crippen LogP contribution in [0, 0.1) is 5.92 Å². The third-order valence-electron chi connectivity index (χ3n) is 3.95. The number of carbonyl (C=O) groups is 1. The Morgan fingerprint density at radius 3 is 2.86 bits per heavy atom. The van der Waals surface area contributed by atoms with Crippen molar-refractivity contribution < 1.29 is 4.79 Å². The summed E-state index contributed by atoms with van der Waals surface area (Å²) in [5, 5.41) is 3.09. The predicted molar refractivity (Wildman–Crippen MR) is 87.3 cm³/mol. The minimum Gasteiger partial charge on any atom is -0.330 e. The van der Waals surface area contributed by atoms with Crippen molar-refractivity contribution >= 4 is 11.6 Å². The molecule has 3 N–H and O–H groups in total. The highest BCUT2D eigenvalue weighted by molar-refractivity contribution is 5.96. The number of nitrogens with zero attached hydrogens (tertiary/aromatic N) is 1. The van der Waals surface area contributed by atoms with Crippen LogP contribution >= 0.6 is 0 Å². The maximum Gasteiger partial charge on any atom is 0.241 e. The van der Waals surface area contributed by atoms with Crippen molar-refractivity contribution in [3.05, 3.63) is 29.8 Å². The molecule has 1 aromatic carbocycles. The molecule has 0 fully saturated rings. The van der Waals surface area contributed by atoms with E-state index in [-0.39, 0.29) is 11.9 Å². The van der Waals surface area contributed by atoms with Gasteiger partial charge in [0.15, 0.2) is 0 Å². The zero-order valence-corrected chi connectivity index (χ0v) is 13.1. The number of hydrogen-bond acceptors (Lipinski definition) is 3. The first kappa shape index (κ1) is 16.0. The maximum absolute atomic E-state index is 12.6. The van der Waals surface area contributed by atoms with Crippen LogP contribution in [0.1, 0.15) is 32.3 Å². The van der Waals surface area contributed by atoms with E-state index in [1.807, 2.05) is 18.2 Å². The van der Waals surface area contributed by atoms with Crippen molar-refractivity contribution in [1.29, 1.82) is 0 Å². The van der Waals surface area contributed by atoms with Crippen molar-refractivity contribution in [1.82, 2.24) is 4.90 Å². The largest absolute Gasteiger partial charge is 0.330 e. The van der Waals surface area contributed by atoms with Gasteiger partial charge >= 0.3 is 0 Å². The van der Waals surface area contributed by atoms with E-state index in [1.54, 1.807) is 0 Å². The molecule has 0 bridgehead atoms. The number of rotatable bonds is 6. The van der Waals surface area contributed by atoms with Gasteiger partial charge in [-0.25, -0.2) is 0 Å². The Bertz CT molecular complexity index is 473. The van der Waals surface area contributed by atoms with E-state index in [2.05, 4.69) is 30.1 Å². The van der Waals surface area contributed by atoms with Crippen molar-refractivity contribution in [3.8, 4) is 0 Å². The van der Waals surface area contributed by atoms with Crippen LogP contribution in [0.3, 0.4) is 0 Å². The van der Waals surface area contributed by atoms with Gasteiger partial charge in [-0.15, -0.1) is 0 Å². The minimum atomic E-state index is -0.0497. The van der Waals surface area contributed by atoms with E-state index in [1.165, 1.54) is 5.56 Å². The average Bonchev–Trinajstić information content (AvgIpc) is 2.61. The number of hydrogen-bond donors (Lipinski definition) is 2. The highest BCUT2D eigenvalue weighted by Gasteiger charge is 2.28. The molecule has 1 atom stereocenters. The second kappa shape index (κ2) is 7.57. The zero-order chi connectivity index (χ0) is 15.2. The quantitative estimate of drug-likeness (QED) is 0.844. The lowest BCUT2D eigenvalue weighted by atomic mass is 10.0. The molecule has 1 unspecified atom stereocenters. The van der Waals surface area contributed by atoms with Crippen molar-refractivity contribution in [2.24, 2.45) is 11.7 Å². The molecule has 4 nitrogen and oxygen atoms in total. The summed E-state index contributed by atoms with van der Waals surface area (Å²) in [6.07, 6.45) is 2.75. The summed E-state index contributed by atoms with van der Waals surface area (Å²) in [5.41, 5.74) is 7.84. The molecular weight excluding hydrogens is 262 g/mol. The lowest BCUT2D eigenvalue weighted by Crippen LogP contribution is -2.46. The van der Waals surface area contributed by atoms with Gasteiger partial charge in [-0.3, -0.25) is 9.69 Å². The van der Waals surface area contributed by atoms with E-state index in [9.17, 15) is 4.79 Å². The Kier molecular flexibility index (Phi) is 5.76. The van der Waals surface area contributed by atoms with Crippen LogP contribution in [0.25, 0.3) is 0 Å². The lowest BCUT2D eigenvalue weighted by Gasteiger charge is -2.31. The predicted octanol–water partition coefficient (Wildman–Crippen LogP) is 2.25. The number of nitrogens with one attached hydrogen (secondary N) is 1. The zero-order valence-electron chi connectivity index (χ0n) is 13.1. The summed E-state index contributed by atoms with van der Waals surface area (Å²) in [5.74, 6) is 0.666. The Morgan fingerprint density at radius 1 is 1.38 bits per heavy atom. The Morgan fingerprint density at radius 2 is 2.14 bits per heavy atom. The number of fused-ring (bicyclic) bond motifs is 1. The second-order valence-corrected chi connectivity index (χ2v) is 6.23. The summed E-state index contributed by atoms with van der Waals surface area (Å²) in [6.45, 7) is 6.89. The average molecular weight is 289 g/mol. The summed E-state index contributed by atoms with van der Waals surface area (Å²) >= 11 is 0. The van der Waals surface area contributed by atoms with Crippen LogP contribution in [0.5, 0.6) is 0 Å². The van der Waals surface area contributed by atoms with Gasteiger partial charge in [0.2, 0.25) is 5.91 Å². The number of anilines is 1. The first-order chi connectivity index (χ1) is 10.1. The van der Waals surface area contributed by atoms with Gasteiger partial charge < -0.3 is 11.1 Å². The number of carbonyl (C=O) groups excluding carboxylic acids is 1. The molecule has 116 valence electrons. The molecule has 2 rings (SSSR count). The molecule has 1 amide bonds. The Labute approximate surface area is 127 Å². The third kappa shape index (κ3) is 4.29. The normalized spacial score (nSPS) is 18.5. The first-order valence-electron chi connectivity index (χ1n) is 7.94. The number of para-hydroxylation sites is 1. The van der Waals surface area contributed by atoms with E-state index < -0.39 is 0 Å². The molecule has 0 aromatic heterocycles. The minimum absolute atomic E-state index is 0.0497. The number of aryl methyl sites for hydroxylation is 1. The molecule has 0 aliphatic carbocycles. The molecule has 0 saturated heterocycles. The SMILES string of the molecule is CC(C)CN(CCCN)C1CCc2ccccc2NC1=O. The molecule has 1 aliphatic rings. The maximum atomic E-state index is 12.6. The fourth-order valence-corrected chi connectivity index (χ4v) is 2.99. The van der Waals surface area contributed by atoms with E-state index in [0.29, 0.717) is 12.5 Å². The van der Waals surface area contributed by atoms with Crippen LogP contribution in [0.15, 0.2) is 24.3 Å². The van der Waals surface area contributed by atoms with Gasteiger partial charge in [0.05, 0.1) is 6.04 Å². The van der Waals surface area contributed by atoms with Gasteiger partial charge in [-0.1, -0.05) is 32.0 Å². The topological polar surface area (TPSA) is 58.4 Å². The molecule has 1 heterocycles. The van der Waals surface area contributed by atoms with E-state index in [0.717, 1.165) is 38.0 Å². The highest BCUT2D eigenvalue weighted by Crippen LogP contribution is 2.24. The van der Waals surface area contributed by atoms with Crippen molar-refractivity contribution in [3.63, 3.8) is 0 Å². The van der Waals surface area contributed by atoms with Gasteiger partial charge in [-0.05, 0) is 43.4 Å². The molecule has 0 radical (unpaired) electrons. The molecular formula is C17H27N3O. The van der Waals surface area contributed by atoms with E-state index >= 15 is 0 Å². The van der Waals surface area contributed by atoms with Gasteiger partial charge in [0.1, 0.15) is 0 Å².